The van der Waals surface area contributed by atoms with E-state index in [1.165, 1.54) is 18.9 Å². The number of hydrogen-bond acceptors (Lipinski definition) is 4. The molecule has 1 aromatic carbocycles. The molecule has 1 aliphatic rings. The minimum absolute atomic E-state index is 0.182. The number of ether oxygens (including phenoxy) is 1. The summed E-state index contributed by atoms with van der Waals surface area (Å²) in [4.78, 5) is 0. The Morgan fingerprint density at radius 3 is 2.57 bits per heavy atom. The van der Waals surface area contributed by atoms with Gasteiger partial charge in [0, 0.05) is 18.7 Å². The number of nitrogens with one attached hydrogen (secondary N) is 1. The first-order valence-corrected chi connectivity index (χ1v) is 7.72. The van der Waals surface area contributed by atoms with Crippen molar-refractivity contribution >= 4 is 11.4 Å². The van der Waals surface area contributed by atoms with E-state index < -0.39 is 11.4 Å². The van der Waals surface area contributed by atoms with Crippen LogP contribution in [0.1, 0.15) is 45.4 Å². The Bertz CT molecular complexity index is 472. The van der Waals surface area contributed by atoms with Crippen LogP contribution in [0.4, 0.5) is 15.8 Å². The topological polar surface area (TPSA) is 67.5 Å². The molecule has 0 atom stereocenters. The molecule has 5 heteroatoms. The number of benzene rings is 1. The third-order valence-electron chi connectivity index (χ3n) is 4.05. The lowest BCUT2D eigenvalue weighted by Crippen LogP contribution is -2.36. The van der Waals surface area contributed by atoms with Crippen LogP contribution in [0, 0.1) is 5.82 Å². The summed E-state index contributed by atoms with van der Waals surface area (Å²) in [5.74, 6) is -0.282. The Kier molecular flexibility index (Phi) is 5.28. The number of hydrogen-bond donors (Lipinski definition) is 3. The largest absolute Gasteiger partial charge is 0.491 e. The number of aliphatic hydroxyl groups is 1. The molecule has 4 N–H and O–H groups in total. The van der Waals surface area contributed by atoms with Crippen molar-refractivity contribution in [3.8, 4) is 5.75 Å². The van der Waals surface area contributed by atoms with E-state index in [-0.39, 0.29) is 5.75 Å². The zero-order valence-corrected chi connectivity index (χ0v) is 12.6. The first-order valence-electron chi connectivity index (χ1n) is 7.72. The number of nitrogen functional groups attached to an aromatic ring is 1. The van der Waals surface area contributed by atoms with Gasteiger partial charge in [0.15, 0.2) is 11.6 Å². The van der Waals surface area contributed by atoms with Gasteiger partial charge in [-0.05, 0) is 19.8 Å². The van der Waals surface area contributed by atoms with Crippen molar-refractivity contribution in [2.24, 2.45) is 0 Å². The second kappa shape index (κ2) is 6.98. The standard InChI is InChI=1S/C16H25FN2O2/c1-2-21-15-10-14(13(18)9-12(15)17)19-11-16(20)7-5-3-4-6-8-16/h9-10,19-20H,2-8,11,18H2,1H3. The third kappa shape index (κ3) is 4.24. The van der Waals surface area contributed by atoms with Crippen LogP contribution in [0.25, 0.3) is 0 Å². The van der Waals surface area contributed by atoms with Crippen molar-refractivity contribution in [1.82, 2.24) is 0 Å². The molecule has 0 bridgehead atoms. The number of nitrogens with two attached hydrogens (primary N) is 1. The molecule has 0 unspecified atom stereocenters. The normalized spacial score (nSPS) is 18.0. The Morgan fingerprint density at radius 2 is 1.95 bits per heavy atom. The van der Waals surface area contributed by atoms with Gasteiger partial charge < -0.3 is 20.9 Å². The van der Waals surface area contributed by atoms with Gasteiger partial charge in [-0.1, -0.05) is 25.7 Å². The highest BCUT2D eigenvalue weighted by Gasteiger charge is 2.27. The van der Waals surface area contributed by atoms with E-state index in [0.29, 0.717) is 24.5 Å². The Labute approximate surface area is 125 Å². The second-order valence-corrected chi connectivity index (χ2v) is 5.80. The monoisotopic (exact) mass is 296 g/mol. The number of halogens is 1. The first kappa shape index (κ1) is 15.9. The van der Waals surface area contributed by atoms with Crippen LogP contribution in [0.15, 0.2) is 12.1 Å². The lowest BCUT2D eigenvalue weighted by molar-refractivity contribution is 0.0381. The van der Waals surface area contributed by atoms with Crippen LogP contribution in [0.2, 0.25) is 0 Å². The van der Waals surface area contributed by atoms with Crippen LogP contribution in [0.5, 0.6) is 5.75 Å². The molecule has 21 heavy (non-hydrogen) atoms. The fourth-order valence-electron chi connectivity index (χ4n) is 2.81. The molecule has 0 amide bonds. The molecule has 118 valence electrons. The molecule has 0 radical (unpaired) electrons. The minimum atomic E-state index is -0.705. The minimum Gasteiger partial charge on any atom is -0.491 e. The fraction of sp³-hybridized carbons (Fsp3) is 0.625. The second-order valence-electron chi connectivity index (χ2n) is 5.80. The molecule has 1 fully saturated rings. The Morgan fingerprint density at radius 1 is 1.29 bits per heavy atom. The van der Waals surface area contributed by atoms with Crippen molar-refractivity contribution in [3.63, 3.8) is 0 Å². The summed E-state index contributed by atoms with van der Waals surface area (Å²) >= 11 is 0. The summed E-state index contributed by atoms with van der Waals surface area (Å²) in [5.41, 5.74) is 6.07. The molecule has 0 heterocycles. The Hall–Kier alpha value is -1.49. The summed E-state index contributed by atoms with van der Waals surface area (Å²) in [6.45, 7) is 2.62. The number of rotatable bonds is 5. The molecular weight excluding hydrogens is 271 g/mol. The molecule has 0 aromatic heterocycles. The van der Waals surface area contributed by atoms with Gasteiger partial charge in [-0.2, -0.15) is 0 Å². The van der Waals surface area contributed by atoms with Gasteiger partial charge in [0.05, 0.1) is 23.6 Å². The van der Waals surface area contributed by atoms with Gasteiger partial charge in [-0.15, -0.1) is 0 Å². The van der Waals surface area contributed by atoms with E-state index in [2.05, 4.69) is 5.32 Å². The molecule has 1 aliphatic carbocycles. The van der Waals surface area contributed by atoms with Crippen molar-refractivity contribution in [2.45, 2.75) is 51.0 Å². The van der Waals surface area contributed by atoms with Gasteiger partial charge >= 0.3 is 0 Å². The fourth-order valence-corrected chi connectivity index (χ4v) is 2.81. The summed E-state index contributed by atoms with van der Waals surface area (Å²) < 4.78 is 18.9. The van der Waals surface area contributed by atoms with Crippen molar-refractivity contribution in [3.05, 3.63) is 17.9 Å². The van der Waals surface area contributed by atoms with E-state index in [9.17, 15) is 9.50 Å². The van der Waals surface area contributed by atoms with Gasteiger partial charge in [-0.3, -0.25) is 0 Å². The lowest BCUT2D eigenvalue weighted by Gasteiger charge is -2.27. The van der Waals surface area contributed by atoms with E-state index >= 15 is 0 Å². The Balaban J connectivity index is 2.06. The van der Waals surface area contributed by atoms with Gasteiger partial charge in [0.1, 0.15) is 0 Å². The van der Waals surface area contributed by atoms with Crippen molar-refractivity contribution in [1.29, 1.82) is 0 Å². The van der Waals surface area contributed by atoms with E-state index in [1.54, 1.807) is 13.0 Å². The highest BCUT2D eigenvalue weighted by Crippen LogP contribution is 2.31. The highest BCUT2D eigenvalue weighted by molar-refractivity contribution is 5.68. The van der Waals surface area contributed by atoms with E-state index in [0.717, 1.165) is 25.7 Å². The average molecular weight is 296 g/mol. The number of anilines is 2. The summed E-state index contributed by atoms with van der Waals surface area (Å²) in [6.07, 6.45) is 6.02. The maximum atomic E-state index is 13.7. The van der Waals surface area contributed by atoms with Crippen LogP contribution in [-0.2, 0) is 0 Å². The van der Waals surface area contributed by atoms with Crippen LogP contribution >= 0.6 is 0 Å². The lowest BCUT2D eigenvalue weighted by atomic mass is 9.94. The van der Waals surface area contributed by atoms with E-state index in [1.807, 2.05) is 0 Å². The molecule has 0 saturated heterocycles. The maximum Gasteiger partial charge on any atom is 0.167 e. The van der Waals surface area contributed by atoms with Gasteiger partial charge in [0.25, 0.3) is 0 Å². The predicted molar refractivity (Wildman–Crippen MR) is 83.1 cm³/mol. The summed E-state index contributed by atoms with van der Waals surface area (Å²) in [5, 5.41) is 13.8. The van der Waals surface area contributed by atoms with Crippen LogP contribution < -0.4 is 15.8 Å². The van der Waals surface area contributed by atoms with Crippen LogP contribution in [-0.4, -0.2) is 23.9 Å². The van der Waals surface area contributed by atoms with E-state index in [4.69, 9.17) is 10.5 Å². The van der Waals surface area contributed by atoms with Gasteiger partial charge in [0.2, 0.25) is 0 Å². The summed E-state index contributed by atoms with van der Waals surface area (Å²) in [6, 6.07) is 2.82. The quantitative estimate of drug-likeness (QED) is 0.576. The van der Waals surface area contributed by atoms with Gasteiger partial charge in [-0.25, -0.2) is 4.39 Å². The molecular formula is C16H25FN2O2. The molecule has 1 aromatic rings. The smallest absolute Gasteiger partial charge is 0.167 e. The average Bonchev–Trinajstić information content (AvgIpc) is 2.66. The zero-order chi connectivity index (χ0) is 15.3. The molecule has 0 aliphatic heterocycles. The zero-order valence-electron chi connectivity index (χ0n) is 12.6. The van der Waals surface area contributed by atoms with Crippen molar-refractivity contribution in [2.75, 3.05) is 24.2 Å². The SMILES string of the molecule is CCOc1cc(NCC2(O)CCCCCC2)c(N)cc1F. The highest BCUT2D eigenvalue weighted by atomic mass is 19.1. The molecule has 1 saturated carbocycles. The van der Waals surface area contributed by atoms with Crippen molar-refractivity contribution < 1.29 is 14.2 Å². The summed E-state index contributed by atoms with van der Waals surface area (Å²) in [7, 11) is 0. The molecule has 4 nitrogen and oxygen atoms in total. The first-order chi connectivity index (χ1) is 10.0. The maximum absolute atomic E-state index is 13.7. The predicted octanol–water partition coefficient (Wildman–Crippen LogP) is 3.30. The molecule has 2 rings (SSSR count). The molecule has 0 spiro atoms. The third-order valence-corrected chi connectivity index (χ3v) is 4.05. The van der Waals surface area contributed by atoms with Crippen LogP contribution in [0.3, 0.4) is 0 Å².